The van der Waals surface area contributed by atoms with Gasteiger partial charge in [0, 0.05) is 17.6 Å². The standard InChI is InChI=1S/C14H12N4O2S/c1-9-17-10(8-21-9)7-16-12-4-5-13(18(19)20)11-3-2-6-15-14(11)12/h2-6,8,16H,7H2,1H3. The van der Waals surface area contributed by atoms with Gasteiger partial charge in [0.1, 0.15) is 5.52 Å². The molecule has 0 aliphatic carbocycles. The number of anilines is 1. The first-order chi connectivity index (χ1) is 10.1. The number of fused-ring (bicyclic) bond motifs is 1. The van der Waals surface area contributed by atoms with E-state index in [0.29, 0.717) is 17.4 Å². The number of nitro groups is 1. The highest BCUT2D eigenvalue weighted by Crippen LogP contribution is 2.29. The van der Waals surface area contributed by atoms with Gasteiger partial charge in [-0.05, 0) is 25.1 Å². The lowest BCUT2D eigenvalue weighted by Crippen LogP contribution is -2.02. The molecule has 1 aromatic carbocycles. The van der Waals surface area contributed by atoms with E-state index in [4.69, 9.17) is 0 Å². The van der Waals surface area contributed by atoms with Crippen LogP contribution in [0.2, 0.25) is 0 Å². The molecule has 0 unspecified atom stereocenters. The minimum atomic E-state index is -0.391. The Bertz CT molecular complexity index is 816. The Labute approximate surface area is 124 Å². The van der Waals surface area contributed by atoms with E-state index in [-0.39, 0.29) is 5.69 Å². The van der Waals surface area contributed by atoms with Gasteiger partial charge in [-0.1, -0.05) is 0 Å². The van der Waals surface area contributed by atoms with Gasteiger partial charge in [0.15, 0.2) is 0 Å². The Hall–Kier alpha value is -2.54. The predicted molar refractivity (Wildman–Crippen MR) is 82.6 cm³/mol. The Morgan fingerprint density at radius 1 is 1.38 bits per heavy atom. The molecule has 6 nitrogen and oxygen atoms in total. The number of aryl methyl sites for hydroxylation is 1. The zero-order valence-corrected chi connectivity index (χ0v) is 12.1. The molecule has 0 fully saturated rings. The Balaban J connectivity index is 1.96. The minimum absolute atomic E-state index is 0.0631. The number of nitro benzene ring substituents is 1. The third-order valence-corrected chi connectivity index (χ3v) is 3.89. The smallest absolute Gasteiger partial charge is 0.278 e. The number of hydrogen-bond acceptors (Lipinski definition) is 6. The van der Waals surface area contributed by atoms with E-state index in [1.807, 2.05) is 12.3 Å². The molecule has 106 valence electrons. The topological polar surface area (TPSA) is 81.0 Å². The van der Waals surface area contributed by atoms with Crippen molar-refractivity contribution >= 4 is 33.6 Å². The van der Waals surface area contributed by atoms with E-state index in [9.17, 15) is 10.1 Å². The van der Waals surface area contributed by atoms with Crippen molar-refractivity contribution in [3.63, 3.8) is 0 Å². The second-order valence-electron chi connectivity index (χ2n) is 4.50. The number of thiazole rings is 1. The van der Waals surface area contributed by atoms with E-state index in [1.54, 1.807) is 35.7 Å². The van der Waals surface area contributed by atoms with Gasteiger partial charge in [0.25, 0.3) is 5.69 Å². The molecule has 0 aliphatic heterocycles. The average Bonchev–Trinajstić information content (AvgIpc) is 2.90. The number of hydrogen-bond donors (Lipinski definition) is 1. The van der Waals surface area contributed by atoms with Gasteiger partial charge in [-0.25, -0.2) is 4.98 Å². The van der Waals surface area contributed by atoms with Crippen LogP contribution in [0.3, 0.4) is 0 Å². The molecule has 0 saturated carbocycles. The SMILES string of the molecule is Cc1nc(CNc2ccc([N+](=O)[O-])c3cccnc23)cs1. The van der Waals surface area contributed by atoms with Crippen LogP contribution in [0.4, 0.5) is 11.4 Å². The third-order valence-electron chi connectivity index (χ3n) is 3.07. The average molecular weight is 300 g/mol. The molecule has 2 aromatic heterocycles. The highest BCUT2D eigenvalue weighted by molar-refractivity contribution is 7.09. The Morgan fingerprint density at radius 2 is 2.24 bits per heavy atom. The monoisotopic (exact) mass is 300 g/mol. The van der Waals surface area contributed by atoms with Gasteiger partial charge in [-0.15, -0.1) is 11.3 Å². The van der Waals surface area contributed by atoms with Gasteiger partial charge in [0.2, 0.25) is 0 Å². The molecule has 3 rings (SSSR count). The summed E-state index contributed by atoms with van der Waals surface area (Å²) in [6.07, 6.45) is 1.63. The van der Waals surface area contributed by atoms with Crippen LogP contribution >= 0.6 is 11.3 Å². The van der Waals surface area contributed by atoms with E-state index < -0.39 is 4.92 Å². The van der Waals surface area contributed by atoms with Crippen molar-refractivity contribution in [2.24, 2.45) is 0 Å². The van der Waals surface area contributed by atoms with Crippen LogP contribution in [-0.2, 0) is 6.54 Å². The predicted octanol–water partition coefficient (Wildman–Crippen LogP) is 3.52. The van der Waals surface area contributed by atoms with Crippen LogP contribution in [0, 0.1) is 17.0 Å². The van der Waals surface area contributed by atoms with Crippen LogP contribution in [-0.4, -0.2) is 14.9 Å². The summed E-state index contributed by atoms with van der Waals surface area (Å²) in [4.78, 5) is 19.3. The molecule has 21 heavy (non-hydrogen) atoms. The van der Waals surface area contributed by atoms with E-state index in [2.05, 4.69) is 15.3 Å². The number of pyridine rings is 1. The van der Waals surface area contributed by atoms with Gasteiger partial charge in [-0.3, -0.25) is 15.1 Å². The van der Waals surface area contributed by atoms with E-state index in [1.165, 1.54) is 6.07 Å². The fraction of sp³-hybridized carbons (Fsp3) is 0.143. The summed E-state index contributed by atoms with van der Waals surface area (Å²) in [6, 6.07) is 6.59. The molecule has 2 heterocycles. The highest BCUT2D eigenvalue weighted by atomic mass is 32.1. The highest BCUT2D eigenvalue weighted by Gasteiger charge is 2.14. The van der Waals surface area contributed by atoms with Crippen molar-refractivity contribution in [3.8, 4) is 0 Å². The largest absolute Gasteiger partial charge is 0.378 e. The fourth-order valence-corrected chi connectivity index (χ4v) is 2.75. The lowest BCUT2D eigenvalue weighted by molar-refractivity contribution is -0.383. The molecular weight excluding hydrogens is 288 g/mol. The maximum Gasteiger partial charge on any atom is 0.278 e. The number of nitrogens with zero attached hydrogens (tertiary/aromatic N) is 3. The quantitative estimate of drug-likeness (QED) is 0.589. The van der Waals surface area contributed by atoms with Crippen molar-refractivity contribution < 1.29 is 4.92 Å². The zero-order chi connectivity index (χ0) is 14.8. The number of aromatic nitrogens is 2. The van der Waals surface area contributed by atoms with Crippen LogP contribution in [0.1, 0.15) is 10.7 Å². The van der Waals surface area contributed by atoms with Crippen molar-refractivity contribution in [1.29, 1.82) is 0 Å². The van der Waals surface area contributed by atoms with Crippen molar-refractivity contribution in [2.45, 2.75) is 13.5 Å². The summed E-state index contributed by atoms with van der Waals surface area (Å²) in [7, 11) is 0. The molecule has 0 spiro atoms. The van der Waals surface area contributed by atoms with Crippen molar-refractivity contribution in [3.05, 3.63) is 56.7 Å². The Morgan fingerprint density at radius 3 is 2.95 bits per heavy atom. The number of nitrogens with one attached hydrogen (secondary N) is 1. The first kappa shape index (κ1) is 13.4. The molecule has 0 atom stereocenters. The van der Waals surface area contributed by atoms with E-state index in [0.717, 1.165) is 16.4 Å². The maximum absolute atomic E-state index is 11.1. The molecule has 3 aromatic rings. The molecule has 0 radical (unpaired) electrons. The molecule has 0 amide bonds. The lowest BCUT2D eigenvalue weighted by atomic mass is 10.1. The summed E-state index contributed by atoms with van der Waals surface area (Å²) in [6.45, 7) is 2.52. The van der Waals surface area contributed by atoms with E-state index >= 15 is 0 Å². The van der Waals surface area contributed by atoms with Crippen LogP contribution in [0.15, 0.2) is 35.8 Å². The number of non-ortho nitro benzene ring substituents is 1. The van der Waals surface area contributed by atoms with Crippen molar-refractivity contribution in [1.82, 2.24) is 9.97 Å². The number of benzene rings is 1. The normalized spacial score (nSPS) is 10.7. The van der Waals surface area contributed by atoms with Gasteiger partial charge < -0.3 is 5.32 Å². The van der Waals surface area contributed by atoms with Crippen LogP contribution in [0.5, 0.6) is 0 Å². The van der Waals surface area contributed by atoms with Crippen LogP contribution < -0.4 is 5.32 Å². The van der Waals surface area contributed by atoms with Gasteiger partial charge >= 0.3 is 0 Å². The molecule has 0 aliphatic rings. The molecule has 0 bridgehead atoms. The third kappa shape index (κ3) is 2.68. The van der Waals surface area contributed by atoms with Crippen molar-refractivity contribution in [2.75, 3.05) is 5.32 Å². The Kier molecular flexibility index (Phi) is 3.49. The summed E-state index contributed by atoms with van der Waals surface area (Å²) in [5, 5.41) is 17.8. The summed E-state index contributed by atoms with van der Waals surface area (Å²) in [5.74, 6) is 0. The second-order valence-corrected chi connectivity index (χ2v) is 5.56. The second kappa shape index (κ2) is 5.45. The molecule has 1 N–H and O–H groups in total. The zero-order valence-electron chi connectivity index (χ0n) is 11.2. The molecular formula is C14H12N4O2S. The van der Waals surface area contributed by atoms with Gasteiger partial charge in [0.05, 0.1) is 33.2 Å². The lowest BCUT2D eigenvalue weighted by Gasteiger charge is -2.08. The fourth-order valence-electron chi connectivity index (χ4n) is 2.13. The summed E-state index contributed by atoms with van der Waals surface area (Å²) in [5.41, 5.74) is 2.37. The minimum Gasteiger partial charge on any atom is -0.378 e. The summed E-state index contributed by atoms with van der Waals surface area (Å²) >= 11 is 1.59. The molecule has 7 heteroatoms. The van der Waals surface area contributed by atoms with Gasteiger partial charge in [-0.2, -0.15) is 0 Å². The number of rotatable bonds is 4. The van der Waals surface area contributed by atoms with Crippen LogP contribution in [0.25, 0.3) is 10.9 Å². The molecule has 0 saturated heterocycles. The maximum atomic E-state index is 11.1. The first-order valence-corrected chi connectivity index (χ1v) is 7.20. The first-order valence-electron chi connectivity index (χ1n) is 6.32. The summed E-state index contributed by atoms with van der Waals surface area (Å²) < 4.78 is 0.